The van der Waals surface area contributed by atoms with Crippen LogP contribution in [-0.4, -0.2) is 31.9 Å². The molecule has 0 aromatic heterocycles. The molecule has 0 unspecified atom stereocenters. The van der Waals surface area contributed by atoms with Crippen molar-refractivity contribution in [2.24, 2.45) is 5.92 Å². The van der Waals surface area contributed by atoms with Crippen LogP contribution in [0.25, 0.3) is 0 Å². The molecule has 180 valence electrons. The van der Waals surface area contributed by atoms with Crippen LogP contribution in [0.2, 0.25) is 5.02 Å². The van der Waals surface area contributed by atoms with Crippen molar-refractivity contribution in [1.29, 1.82) is 0 Å². The van der Waals surface area contributed by atoms with Gasteiger partial charge < -0.3 is 9.47 Å². The van der Waals surface area contributed by atoms with Crippen molar-refractivity contribution in [1.82, 2.24) is 5.32 Å². The van der Waals surface area contributed by atoms with E-state index in [9.17, 15) is 18.0 Å². The van der Waals surface area contributed by atoms with Crippen molar-refractivity contribution in [3.63, 3.8) is 0 Å². The molecule has 2 aromatic rings. The Morgan fingerprint density at radius 3 is 2.47 bits per heavy atom. The van der Waals surface area contributed by atoms with Crippen LogP contribution in [0.5, 0.6) is 5.75 Å². The van der Waals surface area contributed by atoms with E-state index in [-0.39, 0.29) is 22.9 Å². The first kappa shape index (κ1) is 25.5. The van der Waals surface area contributed by atoms with Crippen LogP contribution in [0.15, 0.2) is 59.9 Å². The zero-order valence-electron chi connectivity index (χ0n) is 19.0. The number of rotatable bonds is 8. The van der Waals surface area contributed by atoms with Gasteiger partial charge in [-0.2, -0.15) is 8.42 Å². The van der Waals surface area contributed by atoms with Gasteiger partial charge in [0.15, 0.2) is 5.78 Å². The largest absolute Gasteiger partial charge is 0.497 e. The molecule has 1 N–H and O–H groups in total. The Kier molecular flexibility index (Phi) is 8.90. The fourth-order valence-electron chi connectivity index (χ4n) is 3.44. The normalized spacial score (nSPS) is 13.2. The highest BCUT2D eigenvalue weighted by atomic mass is 35.5. The minimum atomic E-state index is -2.67. The second-order valence-electron chi connectivity index (χ2n) is 8.33. The van der Waals surface area contributed by atoms with Crippen LogP contribution < -0.4 is 10.1 Å². The van der Waals surface area contributed by atoms with E-state index in [1.54, 1.807) is 24.3 Å². The van der Waals surface area contributed by atoms with Crippen LogP contribution in [0.1, 0.15) is 37.8 Å². The molecule has 9 heteroatoms. The smallest absolute Gasteiger partial charge is 0.417 e. The molecular weight excluding hydrogens is 478 g/mol. The molecule has 0 aliphatic heterocycles. The van der Waals surface area contributed by atoms with Crippen molar-refractivity contribution < 1.29 is 27.5 Å². The first-order chi connectivity index (χ1) is 16.2. The van der Waals surface area contributed by atoms with Gasteiger partial charge in [0.05, 0.1) is 6.61 Å². The van der Waals surface area contributed by atoms with Gasteiger partial charge in [-0.3, -0.25) is 10.1 Å². The fourth-order valence-corrected chi connectivity index (χ4v) is 4.02. The maximum absolute atomic E-state index is 12.4. The zero-order chi connectivity index (χ0) is 24.7. The Morgan fingerprint density at radius 2 is 1.79 bits per heavy atom. The number of hydrogen-bond acceptors (Lipinski definition) is 6. The number of nitrogens with one attached hydrogen (secondary N) is 1. The van der Waals surface area contributed by atoms with E-state index >= 15 is 0 Å². The Labute approximate surface area is 205 Å². The second-order valence-corrected chi connectivity index (χ2v) is 9.73. The van der Waals surface area contributed by atoms with Gasteiger partial charge in [0.1, 0.15) is 16.5 Å². The van der Waals surface area contributed by atoms with Gasteiger partial charge >= 0.3 is 6.09 Å². The number of halogens is 1. The van der Waals surface area contributed by atoms with Crippen LogP contribution in [-0.2, 0) is 32.7 Å². The molecule has 0 saturated heterocycles. The van der Waals surface area contributed by atoms with E-state index in [4.69, 9.17) is 21.1 Å². The third-order valence-corrected chi connectivity index (χ3v) is 5.95. The molecule has 2 aromatic carbocycles. The first-order valence-corrected chi connectivity index (χ1v) is 12.3. The molecular formula is C25H26ClNO6S. The van der Waals surface area contributed by atoms with Crippen LogP contribution in [0, 0.1) is 5.92 Å². The summed E-state index contributed by atoms with van der Waals surface area (Å²) in [5, 5.41) is 2.77. The van der Waals surface area contributed by atoms with E-state index in [0.717, 1.165) is 11.3 Å². The van der Waals surface area contributed by atoms with Gasteiger partial charge in [0.25, 0.3) is 0 Å². The average molecular weight is 504 g/mol. The average Bonchev–Trinajstić information content (AvgIpc) is 3.13. The minimum absolute atomic E-state index is 0.0383. The number of hydrogen-bond donors (Lipinski definition) is 1. The maximum Gasteiger partial charge on any atom is 0.417 e. The molecule has 0 spiro atoms. The monoisotopic (exact) mass is 503 g/mol. The van der Waals surface area contributed by atoms with Gasteiger partial charge in [-0.15, -0.1) is 0 Å². The van der Waals surface area contributed by atoms with E-state index in [2.05, 4.69) is 5.32 Å². The Bertz CT molecular complexity index is 1220. The van der Waals surface area contributed by atoms with E-state index in [1.807, 2.05) is 26.0 Å². The quantitative estimate of drug-likeness (QED) is 0.532. The lowest BCUT2D eigenvalue weighted by Gasteiger charge is -2.12. The predicted octanol–water partition coefficient (Wildman–Crippen LogP) is 4.51. The summed E-state index contributed by atoms with van der Waals surface area (Å²) in [7, 11) is -2.67. The van der Waals surface area contributed by atoms with Crippen molar-refractivity contribution in [2.45, 2.75) is 39.5 Å². The first-order valence-electron chi connectivity index (χ1n) is 10.9. The highest BCUT2D eigenvalue weighted by Gasteiger charge is 2.25. The zero-order valence-corrected chi connectivity index (χ0v) is 20.5. The third-order valence-electron chi connectivity index (χ3n) is 5.05. The third kappa shape index (κ3) is 7.46. The summed E-state index contributed by atoms with van der Waals surface area (Å²) >= 11 is 5.80. The van der Waals surface area contributed by atoms with E-state index in [0.29, 0.717) is 47.9 Å². The number of allylic oxidation sites excluding steroid dienone is 2. The lowest BCUT2D eigenvalue weighted by Crippen LogP contribution is -2.34. The maximum atomic E-state index is 12.4. The Balaban J connectivity index is 1.69. The highest BCUT2D eigenvalue weighted by molar-refractivity contribution is 7.72. The molecule has 34 heavy (non-hydrogen) atoms. The summed E-state index contributed by atoms with van der Waals surface area (Å²) < 4.78 is 34.4. The number of carbonyl (C=O) groups is 2. The number of Topliss-reactive ketones (excluding diaryl/α,β-unsaturated/α-hetero) is 1. The molecule has 0 fully saturated rings. The van der Waals surface area contributed by atoms with Crippen molar-refractivity contribution >= 4 is 38.8 Å². The topological polar surface area (TPSA) is 98.8 Å². The van der Waals surface area contributed by atoms with Crippen LogP contribution in [0.3, 0.4) is 0 Å². The molecule has 0 atom stereocenters. The molecule has 0 bridgehead atoms. The molecule has 1 aliphatic rings. The second kappa shape index (κ2) is 11.9. The summed E-state index contributed by atoms with van der Waals surface area (Å²) in [5.41, 5.74) is 2.19. The molecule has 1 aliphatic carbocycles. The number of amides is 1. The summed E-state index contributed by atoms with van der Waals surface area (Å²) in [6.45, 7) is 4.65. The van der Waals surface area contributed by atoms with E-state index < -0.39 is 16.4 Å². The van der Waals surface area contributed by atoms with Gasteiger partial charge in [-0.25, -0.2) is 4.79 Å². The number of ether oxygens (including phenoxy) is 2. The lowest BCUT2D eigenvalue weighted by molar-refractivity contribution is -0.115. The highest BCUT2D eigenvalue weighted by Crippen LogP contribution is 2.27. The Morgan fingerprint density at radius 1 is 1.09 bits per heavy atom. The number of ketones is 1. The van der Waals surface area contributed by atoms with Crippen molar-refractivity contribution in [3.8, 4) is 5.75 Å². The number of carbonyl (C=O) groups excluding carboxylic acids is 2. The predicted molar refractivity (Wildman–Crippen MR) is 130 cm³/mol. The molecule has 3 rings (SSSR count). The lowest BCUT2D eigenvalue weighted by atomic mass is 10.0. The van der Waals surface area contributed by atoms with Crippen molar-refractivity contribution in [3.05, 3.63) is 76.0 Å². The van der Waals surface area contributed by atoms with Gasteiger partial charge in [-0.1, -0.05) is 49.7 Å². The summed E-state index contributed by atoms with van der Waals surface area (Å²) in [5.74, 6) is 1.39. The standard InChI is InChI=1S/C25H26ClNO6S/c1-16(2)15-32-23-11-10-22(28)21(23)13-17-4-3-5-18(12-17)14-24(34(30)31)27-25(29)33-20-8-6-19(26)7-9-20/h3-9,12,16H,10-11,13-15H2,1-2H3,(H,27,29). The molecule has 0 heterocycles. The molecule has 7 nitrogen and oxygen atoms in total. The number of benzene rings is 2. The SMILES string of the molecule is CC(C)COC1=C(Cc2cccc(CC(NC(=O)Oc3ccc(Cl)cc3)=S(=O)=O)c2)C(=O)CC1. The van der Waals surface area contributed by atoms with Gasteiger partial charge in [0, 0.05) is 36.3 Å². The van der Waals surface area contributed by atoms with E-state index in [1.165, 1.54) is 12.1 Å². The van der Waals surface area contributed by atoms with Crippen molar-refractivity contribution in [2.75, 3.05) is 6.61 Å². The summed E-state index contributed by atoms with van der Waals surface area (Å²) in [6, 6.07) is 13.3. The molecule has 0 radical (unpaired) electrons. The van der Waals surface area contributed by atoms with Gasteiger partial charge in [0.2, 0.25) is 10.3 Å². The van der Waals surface area contributed by atoms with Gasteiger partial charge in [-0.05, 0) is 41.3 Å². The van der Waals surface area contributed by atoms with Crippen LogP contribution in [0.4, 0.5) is 4.79 Å². The summed E-state index contributed by atoms with van der Waals surface area (Å²) in [4.78, 5) is 24.3. The fraction of sp³-hybridized carbons (Fsp3) is 0.320. The summed E-state index contributed by atoms with van der Waals surface area (Å²) in [6.07, 6.45) is 0.486. The Hall–Kier alpha value is -3.10. The molecule has 1 amide bonds. The molecule has 0 saturated carbocycles. The minimum Gasteiger partial charge on any atom is -0.497 e. The van der Waals surface area contributed by atoms with Crippen LogP contribution >= 0.6 is 11.6 Å².